The second-order valence-electron chi connectivity index (χ2n) is 3.52. The van der Waals surface area contributed by atoms with Crippen LogP contribution in [-0.4, -0.2) is 4.98 Å². The molecule has 1 heterocycles. The predicted molar refractivity (Wildman–Crippen MR) is 50.3 cm³/mol. The minimum atomic E-state index is -0.0327. The third kappa shape index (κ3) is 1.97. The SMILES string of the molecule is CC(C)C(C)c1ccc(=O)[nH]c1. The number of aromatic nitrogens is 1. The monoisotopic (exact) mass is 165 g/mol. The van der Waals surface area contributed by atoms with Gasteiger partial charge in [-0.1, -0.05) is 26.8 Å². The molecular weight excluding hydrogens is 150 g/mol. The molecule has 0 spiro atoms. The summed E-state index contributed by atoms with van der Waals surface area (Å²) >= 11 is 0. The van der Waals surface area contributed by atoms with Crippen LogP contribution < -0.4 is 5.56 Å². The molecule has 1 unspecified atom stereocenters. The number of rotatable bonds is 2. The zero-order valence-corrected chi connectivity index (χ0v) is 7.79. The van der Waals surface area contributed by atoms with E-state index in [1.54, 1.807) is 12.3 Å². The van der Waals surface area contributed by atoms with Crippen LogP contribution >= 0.6 is 0 Å². The van der Waals surface area contributed by atoms with Crippen LogP contribution in [0.25, 0.3) is 0 Å². The molecule has 0 saturated carbocycles. The number of nitrogens with one attached hydrogen (secondary N) is 1. The highest BCUT2D eigenvalue weighted by atomic mass is 16.1. The van der Waals surface area contributed by atoms with E-state index in [1.807, 2.05) is 6.07 Å². The van der Waals surface area contributed by atoms with Gasteiger partial charge in [-0.25, -0.2) is 0 Å². The first-order valence-electron chi connectivity index (χ1n) is 4.30. The Balaban J connectivity index is 2.89. The van der Waals surface area contributed by atoms with Gasteiger partial charge in [-0.15, -0.1) is 0 Å². The van der Waals surface area contributed by atoms with Crippen molar-refractivity contribution in [2.24, 2.45) is 5.92 Å². The summed E-state index contributed by atoms with van der Waals surface area (Å²) in [5.74, 6) is 1.11. The third-order valence-corrected chi connectivity index (χ3v) is 2.33. The normalized spacial score (nSPS) is 13.3. The fraction of sp³-hybridized carbons (Fsp3) is 0.500. The molecule has 2 nitrogen and oxygen atoms in total. The second kappa shape index (κ2) is 3.57. The van der Waals surface area contributed by atoms with E-state index in [0.29, 0.717) is 11.8 Å². The van der Waals surface area contributed by atoms with Crippen LogP contribution in [0.3, 0.4) is 0 Å². The van der Waals surface area contributed by atoms with Crippen molar-refractivity contribution >= 4 is 0 Å². The minimum absolute atomic E-state index is 0.0327. The van der Waals surface area contributed by atoms with Crippen LogP contribution in [-0.2, 0) is 0 Å². The van der Waals surface area contributed by atoms with Crippen molar-refractivity contribution in [2.45, 2.75) is 26.7 Å². The fourth-order valence-electron chi connectivity index (χ4n) is 1.09. The average molecular weight is 165 g/mol. The van der Waals surface area contributed by atoms with E-state index in [4.69, 9.17) is 0 Å². The molecule has 0 aliphatic heterocycles. The predicted octanol–water partition coefficient (Wildman–Crippen LogP) is 2.13. The smallest absolute Gasteiger partial charge is 0.247 e. The Morgan fingerprint density at radius 1 is 1.25 bits per heavy atom. The summed E-state index contributed by atoms with van der Waals surface area (Å²) in [7, 11) is 0. The van der Waals surface area contributed by atoms with Crippen LogP contribution in [0.1, 0.15) is 32.3 Å². The van der Waals surface area contributed by atoms with Crippen molar-refractivity contribution in [3.8, 4) is 0 Å². The van der Waals surface area contributed by atoms with Gasteiger partial charge in [-0.05, 0) is 17.4 Å². The fourth-order valence-corrected chi connectivity index (χ4v) is 1.09. The Morgan fingerprint density at radius 2 is 1.92 bits per heavy atom. The van der Waals surface area contributed by atoms with Gasteiger partial charge in [0, 0.05) is 12.3 Å². The lowest BCUT2D eigenvalue weighted by Gasteiger charge is -2.14. The van der Waals surface area contributed by atoms with E-state index < -0.39 is 0 Å². The zero-order valence-electron chi connectivity index (χ0n) is 7.79. The maximum absolute atomic E-state index is 10.8. The van der Waals surface area contributed by atoms with Crippen molar-refractivity contribution in [1.82, 2.24) is 4.98 Å². The number of hydrogen-bond acceptors (Lipinski definition) is 1. The van der Waals surface area contributed by atoms with Gasteiger partial charge in [0.05, 0.1) is 0 Å². The lowest BCUT2D eigenvalue weighted by Crippen LogP contribution is -2.07. The number of aromatic amines is 1. The first-order valence-corrected chi connectivity index (χ1v) is 4.30. The molecule has 0 aliphatic rings. The van der Waals surface area contributed by atoms with Gasteiger partial charge in [0.15, 0.2) is 0 Å². The summed E-state index contributed by atoms with van der Waals surface area (Å²) < 4.78 is 0. The van der Waals surface area contributed by atoms with Gasteiger partial charge in [0.25, 0.3) is 0 Å². The molecule has 12 heavy (non-hydrogen) atoms. The standard InChI is InChI=1S/C10H15NO/c1-7(2)8(3)9-4-5-10(12)11-6-9/h4-8H,1-3H3,(H,11,12). The van der Waals surface area contributed by atoms with Gasteiger partial charge < -0.3 is 4.98 Å². The topological polar surface area (TPSA) is 32.9 Å². The summed E-state index contributed by atoms with van der Waals surface area (Å²) in [5.41, 5.74) is 1.17. The maximum atomic E-state index is 10.8. The van der Waals surface area contributed by atoms with Crippen LogP contribution in [0.15, 0.2) is 23.1 Å². The molecule has 1 atom stereocenters. The molecular formula is C10H15NO. The summed E-state index contributed by atoms with van der Waals surface area (Å²) in [6.45, 7) is 6.52. The molecule has 1 aromatic heterocycles. The molecule has 0 fully saturated rings. The summed E-state index contributed by atoms with van der Waals surface area (Å²) in [5, 5.41) is 0. The van der Waals surface area contributed by atoms with E-state index in [0.717, 1.165) is 0 Å². The molecule has 0 aromatic carbocycles. The summed E-state index contributed by atoms with van der Waals surface area (Å²) in [4.78, 5) is 13.4. The molecule has 1 aromatic rings. The molecule has 0 amide bonds. The van der Waals surface area contributed by atoms with Crippen LogP contribution in [0.2, 0.25) is 0 Å². The maximum Gasteiger partial charge on any atom is 0.247 e. The highest BCUT2D eigenvalue weighted by Gasteiger charge is 2.08. The zero-order chi connectivity index (χ0) is 9.14. The molecule has 1 N–H and O–H groups in total. The number of H-pyrrole nitrogens is 1. The average Bonchev–Trinajstić information content (AvgIpc) is 2.04. The first-order chi connectivity index (χ1) is 5.61. The Morgan fingerprint density at radius 3 is 2.33 bits per heavy atom. The Bertz CT molecular complexity index is 280. The Labute approximate surface area is 72.6 Å². The van der Waals surface area contributed by atoms with Crippen molar-refractivity contribution < 1.29 is 0 Å². The van der Waals surface area contributed by atoms with Gasteiger partial charge in [-0.3, -0.25) is 4.79 Å². The quantitative estimate of drug-likeness (QED) is 0.715. The van der Waals surface area contributed by atoms with E-state index in [2.05, 4.69) is 25.8 Å². The minimum Gasteiger partial charge on any atom is -0.329 e. The van der Waals surface area contributed by atoms with E-state index >= 15 is 0 Å². The van der Waals surface area contributed by atoms with Crippen molar-refractivity contribution in [3.63, 3.8) is 0 Å². The largest absolute Gasteiger partial charge is 0.329 e. The summed E-state index contributed by atoms with van der Waals surface area (Å²) in [6, 6.07) is 3.47. The lowest BCUT2D eigenvalue weighted by molar-refractivity contribution is 0.533. The Kier molecular flexibility index (Phi) is 2.69. The van der Waals surface area contributed by atoms with Crippen LogP contribution in [0.5, 0.6) is 0 Å². The van der Waals surface area contributed by atoms with Gasteiger partial charge in [0.1, 0.15) is 0 Å². The molecule has 0 radical (unpaired) electrons. The van der Waals surface area contributed by atoms with E-state index in [-0.39, 0.29) is 5.56 Å². The molecule has 0 bridgehead atoms. The number of pyridine rings is 1. The highest BCUT2D eigenvalue weighted by Crippen LogP contribution is 2.21. The Hall–Kier alpha value is -1.05. The van der Waals surface area contributed by atoms with Crippen LogP contribution in [0, 0.1) is 5.92 Å². The van der Waals surface area contributed by atoms with E-state index in [9.17, 15) is 4.79 Å². The van der Waals surface area contributed by atoms with Crippen molar-refractivity contribution in [3.05, 3.63) is 34.2 Å². The molecule has 0 aliphatic carbocycles. The molecule has 0 saturated heterocycles. The van der Waals surface area contributed by atoms with Gasteiger partial charge >= 0.3 is 0 Å². The van der Waals surface area contributed by atoms with Gasteiger partial charge in [0.2, 0.25) is 5.56 Å². The van der Waals surface area contributed by atoms with Gasteiger partial charge in [-0.2, -0.15) is 0 Å². The van der Waals surface area contributed by atoms with Crippen molar-refractivity contribution in [2.75, 3.05) is 0 Å². The second-order valence-corrected chi connectivity index (χ2v) is 3.52. The number of hydrogen-bond donors (Lipinski definition) is 1. The molecule has 66 valence electrons. The lowest BCUT2D eigenvalue weighted by atomic mass is 9.92. The summed E-state index contributed by atoms with van der Waals surface area (Å²) in [6.07, 6.45) is 1.80. The van der Waals surface area contributed by atoms with E-state index in [1.165, 1.54) is 5.56 Å². The first kappa shape index (κ1) is 9.04. The van der Waals surface area contributed by atoms with Crippen molar-refractivity contribution in [1.29, 1.82) is 0 Å². The van der Waals surface area contributed by atoms with Crippen LogP contribution in [0.4, 0.5) is 0 Å². The molecule has 1 rings (SSSR count). The third-order valence-electron chi connectivity index (χ3n) is 2.33. The highest BCUT2D eigenvalue weighted by molar-refractivity contribution is 5.14. The molecule has 2 heteroatoms.